The number of aliphatic hydroxyl groups is 1. The highest BCUT2D eigenvalue weighted by molar-refractivity contribution is 9.10. The number of halogens is 2. The molecule has 2 aromatic rings. The molecule has 2 rings (SSSR count). The lowest BCUT2D eigenvalue weighted by Crippen LogP contribution is -2.01. The zero-order valence-electron chi connectivity index (χ0n) is 9.38. The Balaban J connectivity index is 1.96. The third-order valence-electron chi connectivity index (χ3n) is 2.33. The van der Waals surface area contributed by atoms with E-state index in [0.29, 0.717) is 11.3 Å². The van der Waals surface area contributed by atoms with Crippen LogP contribution in [-0.2, 0) is 0 Å². The van der Waals surface area contributed by atoms with Crippen LogP contribution in [0.15, 0.2) is 52.1 Å². The summed E-state index contributed by atoms with van der Waals surface area (Å²) in [5.74, 6) is 0.0347. The van der Waals surface area contributed by atoms with Crippen LogP contribution in [0.2, 0.25) is 0 Å². The maximum atomic E-state index is 12.9. The number of hydrogen-bond acceptors (Lipinski definition) is 3. The second-order valence-electron chi connectivity index (χ2n) is 3.72. The summed E-state index contributed by atoms with van der Waals surface area (Å²) in [7, 11) is 0. The summed E-state index contributed by atoms with van der Waals surface area (Å²) in [5.41, 5.74) is 0.500. The number of thioether (sulfide) groups is 1. The van der Waals surface area contributed by atoms with E-state index in [2.05, 4.69) is 20.9 Å². The van der Waals surface area contributed by atoms with Crippen molar-refractivity contribution in [3.63, 3.8) is 0 Å². The summed E-state index contributed by atoms with van der Waals surface area (Å²) in [5, 5.41) is 9.92. The highest BCUT2D eigenvalue weighted by atomic mass is 79.9. The van der Waals surface area contributed by atoms with Crippen molar-refractivity contribution in [1.29, 1.82) is 0 Å². The van der Waals surface area contributed by atoms with Crippen LogP contribution in [0.5, 0.6) is 0 Å². The molecule has 5 heteroatoms. The first-order valence-electron chi connectivity index (χ1n) is 5.32. The second-order valence-corrected chi connectivity index (χ2v) is 5.73. The number of hydrogen-bond donors (Lipinski definition) is 1. The number of benzene rings is 1. The molecule has 0 spiro atoms. The maximum Gasteiger partial charge on any atom is 0.141 e. The number of aliphatic hydroxyl groups excluding tert-OH is 1. The monoisotopic (exact) mass is 327 g/mol. The summed E-state index contributed by atoms with van der Waals surface area (Å²) in [6, 6.07) is 9.12. The number of rotatable bonds is 4. The molecule has 0 bridgehead atoms. The van der Waals surface area contributed by atoms with Gasteiger partial charge in [0.25, 0.3) is 0 Å². The Kier molecular flexibility index (Phi) is 4.74. The average Bonchev–Trinajstić information content (AvgIpc) is 2.38. The minimum Gasteiger partial charge on any atom is -0.387 e. The molecule has 0 aliphatic carbocycles. The molecular weight excluding hydrogens is 317 g/mol. The van der Waals surface area contributed by atoms with Crippen molar-refractivity contribution in [2.45, 2.75) is 11.0 Å². The van der Waals surface area contributed by atoms with Crippen LogP contribution in [0.4, 0.5) is 4.39 Å². The van der Waals surface area contributed by atoms with Crippen LogP contribution < -0.4 is 0 Å². The van der Waals surface area contributed by atoms with E-state index in [4.69, 9.17) is 0 Å². The highest BCUT2D eigenvalue weighted by Crippen LogP contribution is 2.25. The van der Waals surface area contributed by atoms with Crippen LogP contribution in [0, 0.1) is 5.82 Å². The van der Waals surface area contributed by atoms with E-state index in [1.165, 1.54) is 24.0 Å². The first kappa shape index (κ1) is 13.5. The molecule has 1 N–H and O–H groups in total. The number of aromatic nitrogens is 1. The molecule has 0 radical (unpaired) electrons. The molecule has 2 nitrogen and oxygen atoms in total. The summed E-state index contributed by atoms with van der Waals surface area (Å²) in [6.07, 6.45) is 1.88. The smallest absolute Gasteiger partial charge is 0.141 e. The topological polar surface area (TPSA) is 33.1 Å². The van der Waals surface area contributed by atoms with Crippen molar-refractivity contribution < 1.29 is 9.50 Å². The van der Waals surface area contributed by atoms with Crippen molar-refractivity contribution in [2.75, 3.05) is 5.75 Å². The Morgan fingerprint density at radius 2 is 2.00 bits per heavy atom. The van der Waals surface area contributed by atoms with Crippen molar-refractivity contribution in [2.24, 2.45) is 0 Å². The molecule has 0 amide bonds. The van der Waals surface area contributed by atoms with Crippen LogP contribution in [-0.4, -0.2) is 15.8 Å². The zero-order chi connectivity index (χ0) is 13.0. The molecule has 1 unspecified atom stereocenters. The van der Waals surface area contributed by atoms with Gasteiger partial charge in [0.05, 0.1) is 12.3 Å². The first-order chi connectivity index (χ1) is 8.65. The van der Waals surface area contributed by atoms with Gasteiger partial charge in [-0.25, -0.2) is 4.39 Å². The van der Waals surface area contributed by atoms with Crippen molar-refractivity contribution in [3.05, 3.63) is 58.6 Å². The molecule has 0 aliphatic heterocycles. The van der Waals surface area contributed by atoms with Gasteiger partial charge in [0, 0.05) is 26.9 Å². The number of pyridine rings is 1. The third-order valence-corrected chi connectivity index (χ3v) is 3.95. The Morgan fingerprint density at radius 3 is 2.67 bits per heavy atom. The second kappa shape index (κ2) is 6.31. The van der Waals surface area contributed by atoms with E-state index in [1.807, 2.05) is 24.3 Å². The SMILES string of the molecule is OC(CSc1ccc(Br)cc1)c1cncc(F)c1. The zero-order valence-corrected chi connectivity index (χ0v) is 11.8. The largest absolute Gasteiger partial charge is 0.387 e. The van der Waals surface area contributed by atoms with Gasteiger partial charge < -0.3 is 5.11 Å². The normalized spacial score (nSPS) is 12.4. The fourth-order valence-electron chi connectivity index (χ4n) is 1.41. The fourth-order valence-corrected chi connectivity index (χ4v) is 2.55. The molecule has 0 saturated heterocycles. The van der Waals surface area contributed by atoms with Gasteiger partial charge in [-0.2, -0.15) is 0 Å². The molecule has 1 atom stereocenters. The van der Waals surface area contributed by atoms with E-state index < -0.39 is 11.9 Å². The van der Waals surface area contributed by atoms with Crippen molar-refractivity contribution in [3.8, 4) is 0 Å². The van der Waals surface area contributed by atoms with Crippen molar-refractivity contribution in [1.82, 2.24) is 4.98 Å². The molecular formula is C13H11BrFNOS. The molecule has 0 fully saturated rings. The van der Waals surface area contributed by atoms with Crippen molar-refractivity contribution >= 4 is 27.7 Å². The average molecular weight is 328 g/mol. The van der Waals surface area contributed by atoms with Gasteiger partial charge >= 0.3 is 0 Å². The van der Waals surface area contributed by atoms with Gasteiger partial charge in [-0.1, -0.05) is 15.9 Å². The lowest BCUT2D eigenvalue weighted by molar-refractivity contribution is 0.203. The molecule has 94 valence electrons. The van der Waals surface area contributed by atoms with Crippen LogP contribution in [0.1, 0.15) is 11.7 Å². The molecule has 1 aromatic heterocycles. The van der Waals surface area contributed by atoms with Crippen LogP contribution in [0.3, 0.4) is 0 Å². The minimum absolute atomic E-state index is 0.430. The van der Waals surface area contributed by atoms with E-state index >= 15 is 0 Å². The molecule has 0 aliphatic rings. The predicted octanol–water partition coefficient (Wildman–Crippen LogP) is 3.81. The maximum absolute atomic E-state index is 12.9. The molecule has 1 aromatic carbocycles. The highest BCUT2D eigenvalue weighted by Gasteiger charge is 2.09. The minimum atomic E-state index is -0.721. The Labute approximate surface area is 117 Å². The quantitative estimate of drug-likeness (QED) is 0.867. The predicted molar refractivity (Wildman–Crippen MR) is 74.0 cm³/mol. The summed E-state index contributed by atoms with van der Waals surface area (Å²) in [6.45, 7) is 0. The lowest BCUT2D eigenvalue weighted by Gasteiger charge is -2.10. The third kappa shape index (κ3) is 3.80. The van der Waals surface area contributed by atoms with Gasteiger partial charge in [-0.3, -0.25) is 4.98 Å². The van der Waals surface area contributed by atoms with Crippen LogP contribution in [0.25, 0.3) is 0 Å². The summed E-state index contributed by atoms with van der Waals surface area (Å²) in [4.78, 5) is 4.78. The molecule has 0 saturated carbocycles. The number of nitrogens with zero attached hydrogens (tertiary/aromatic N) is 1. The fraction of sp³-hybridized carbons (Fsp3) is 0.154. The summed E-state index contributed by atoms with van der Waals surface area (Å²) >= 11 is 4.88. The van der Waals surface area contributed by atoms with E-state index in [0.717, 1.165) is 15.6 Å². The lowest BCUT2D eigenvalue weighted by atomic mass is 10.2. The first-order valence-corrected chi connectivity index (χ1v) is 7.10. The van der Waals surface area contributed by atoms with E-state index in [-0.39, 0.29) is 0 Å². The van der Waals surface area contributed by atoms with Gasteiger partial charge in [0.1, 0.15) is 5.82 Å². The Morgan fingerprint density at radius 1 is 1.28 bits per heavy atom. The Hall–Kier alpha value is -0.910. The molecule has 18 heavy (non-hydrogen) atoms. The van der Waals surface area contributed by atoms with Gasteiger partial charge in [0.15, 0.2) is 0 Å². The van der Waals surface area contributed by atoms with Gasteiger partial charge in [-0.05, 0) is 30.3 Å². The molecule has 1 heterocycles. The Bertz CT molecular complexity index is 521. The van der Waals surface area contributed by atoms with Crippen LogP contribution >= 0.6 is 27.7 Å². The summed E-state index contributed by atoms with van der Waals surface area (Å²) < 4.78 is 14.0. The van der Waals surface area contributed by atoms with Gasteiger partial charge in [0.2, 0.25) is 0 Å². The van der Waals surface area contributed by atoms with E-state index in [9.17, 15) is 9.50 Å². The van der Waals surface area contributed by atoms with E-state index in [1.54, 1.807) is 0 Å². The standard InChI is InChI=1S/C13H11BrFNOS/c14-10-1-3-12(4-2-10)18-8-13(17)9-5-11(15)7-16-6-9/h1-7,13,17H,8H2. The van der Waals surface area contributed by atoms with Gasteiger partial charge in [-0.15, -0.1) is 11.8 Å².